The van der Waals surface area contributed by atoms with Crippen LogP contribution in [0.2, 0.25) is 0 Å². The molecule has 0 unspecified atom stereocenters. The highest BCUT2D eigenvalue weighted by molar-refractivity contribution is 6.23. The lowest BCUT2D eigenvalue weighted by molar-refractivity contribution is -0.123. The molecule has 5 rings (SSSR count). The first-order valence-electron chi connectivity index (χ1n) is 14.4. The van der Waals surface area contributed by atoms with Gasteiger partial charge in [-0.05, 0) is 68.0 Å². The van der Waals surface area contributed by atoms with E-state index in [0.717, 1.165) is 49.3 Å². The topological polar surface area (TPSA) is 89.1 Å². The molecule has 5 amide bonds. The standard InChI is InChI=1S/C31H42N6O3/c1-21(2)18-34-15-11-23(12-16-34)33-28(39)35-20-30(3,4)25-8-7-24(17-26(25)35)37-27(38)31(5,6)36(29(37)40)19-22-9-13-32-14-10-22/h7-10,13-14,17,21,23H,11-12,15-16,18-20H2,1-6H3,(H,33,39). The zero-order valence-electron chi connectivity index (χ0n) is 24.6. The highest BCUT2D eigenvalue weighted by Crippen LogP contribution is 2.44. The number of rotatable bonds is 6. The second kappa shape index (κ2) is 10.5. The molecular weight excluding hydrogens is 504 g/mol. The van der Waals surface area contributed by atoms with Crippen molar-refractivity contribution >= 4 is 29.3 Å². The van der Waals surface area contributed by atoms with Gasteiger partial charge in [-0.25, -0.2) is 14.5 Å². The number of nitrogens with one attached hydrogen (secondary N) is 1. The van der Waals surface area contributed by atoms with Crippen molar-refractivity contribution in [1.82, 2.24) is 20.1 Å². The molecule has 0 spiro atoms. The van der Waals surface area contributed by atoms with E-state index in [1.807, 2.05) is 30.3 Å². The van der Waals surface area contributed by atoms with Crippen LogP contribution in [0.15, 0.2) is 42.7 Å². The van der Waals surface area contributed by atoms with E-state index in [1.54, 1.807) is 36.0 Å². The summed E-state index contributed by atoms with van der Waals surface area (Å²) >= 11 is 0. The summed E-state index contributed by atoms with van der Waals surface area (Å²) in [6, 6.07) is 8.96. The number of piperidine rings is 1. The summed E-state index contributed by atoms with van der Waals surface area (Å²) in [7, 11) is 0. The Labute approximate surface area is 237 Å². The largest absolute Gasteiger partial charge is 0.335 e. The van der Waals surface area contributed by atoms with Crippen molar-refractivity contribution in [3.63, 3.8) is 0 Å². The average molecular weight is 547 g/mol. The summed E-state index contributed by atoms with van der Waals surface area (Å²) in [5, 5.41) is 3.27. The Bertz CT molecular complexity index is 1280. The Morgan fingerprint density at radius 1 is 1.05 bits per heavy atom. The number of benzene rings is 1. The lowest BCUT2D eigenvalue weighted by Crippen LogP contribution is -2.50. The van der Waals surface area contributed by atoms with E-state index in [4.69, 9.17) is 0 Å². The SMILES string of the molecule is CC(C)CN1CCC(NC(=O)N2CC(C)(C)c3ccc(N4C(=O)N(Cc5ccncc5)C(C)(C)C4=O)cc32)CC1. The first-order valence-corrected chi connectivity index (χ1v) is 14.4. The van der Waals surface area contributed by atoms with Crippen molar-refractivity contribution in [3.05, 3.63) is 53.9 Å². The van der Waals surface area contributed by atoms with Gasteiger partial charge in [0.25, 0.3) is 5.91 Å². The minimum absolute atomic E-state index is 0.120. The molecule has 2 aromatic rings. The summed E-state index contributed by atoms with van der Waals surface area (Å²) in [4.78, 5) is 52.0. The van der Waals surface area contributed by atoms with Crippen LogP contribution in [0.3, 0.4) is 0 Å². The number of imide groups is 1. The molecule has 1 N–H and O–H groups in total. The number of urea groups is 2. The Morgan fingerprint density at radius 3 is 2.38 bits per heavy atom. The predicted octanol–water partition coefficient (Wildman–Crippen LogP) is 4.76. The zero-order chi connectivity index (χ0) is 28.8. The van der Waals surface area contributed by atoms with E-state index < -0.39 is 5.54 Å². The molecule has 0 atom stereocenters. The van der Waals surface area contributed by atoms with E-state index in [-0.39, 0.29) is 29.4 Å². The van der Waals surface area contributed by atoms with E-state index >= 15 is 0 Å². The number of pyridine rings is 1. The summed E-state index contributed by atoms with van der Waals surface area (Å²) < 4.78 is 0. The number of nitrogens with zero attached hydrogens (tertiary/aromatic N) is 5. The summed E-state index contributed by atoms with van der Waals surface area (Å²) in [5.41, 5.74) is 1.90. The van der Waals surface area contributed by atoms with Crippen LogP contribution in [0.25, 0.3) is 0 Å². The third-order valence-corrected chi connectivity index (χ3v) is 8.51. The van der Waals surface area contributed by atoms with E-state index in [9.17, 15) is 14.4 Å². The fourth-order valence-corrected chi connectivity index (χ4v) is 6.23. The van der Waals surface area contributed by atoms with Gasteiger partial charge in [0.05, 0.1) is 11.4 Å². The van der Waals surface area contributed by atoms with Crippen molar-refractivity contribution in [1.29, 1.82) is 0 Å². The number of fused-ring (bicyclic) bond motifs is 1. The predicted molar refractivity (Wildman–Crippen MR) is 156 cm³/mol. The quantitative estimate of drug-likeness (QED) is 0.528. The molecule has 9 nitrogen and oxygen atoms in total. The van der Waals surface area contributed by atoms with Crippen LogP contribution >= 0.6 is 0 Å². The minimum atomic E-state index is -1.01. The maximum Gasteiger partial charge on any atom is 0.332 e. The molecule has 1 aromatic heterocycles. The van der Waals surface area contributed by atoms with Gasteiger partial charge < -0.3 is 15.1 Å². The molecule has 0 saturated carbocycles. The van der Waals surface area contributed by atoms with Gasteiger partial charge in [-0.1, -0.05) is 33.8 Å². The Morgan fingerprint density at radius 2 is 1.73 bits per heavy atom. The van der Waals surface area contributed by atoms with Gasteiger partial charge in [-0.15, -0.1) is 0 Å². The van der Waals surface area contributed by atoms with Crippen LogP contribution in [-0.4, -0.2) is 70.5 Å². The number of hydrogen-bond donors (Lipinski definition) is 1. The second-order valence-corrected chi connectivity index (χ2v) is 13.0. The van der Waals surface area contributed by atoms with Crippen molar-refractivity contribution < 1.29 is 14.4 Å². The number of anilines is 2. The second-order valence-electron chi connectivity index (χ2n) is 13.0. The Kier molecular flexibility index (Phi) is 7.37. The van der Waals surface area contributed by atoms with Crippen LogP contribution in [0.1, 0.15) is 65.5 Å². The molecule has 214 valence electrons. The van der Waals surface area contributed by atoms with Crippen molar-refractivity contribution in [3.8, 4) is 0 Å². The molecule has 2 saturated heterocycles. The first kappa shape index (κ1) is 28.1. The van der Waals surface area contributed by atoms with Gasteiger partial charge >= 0.3 is 12.1 Å². The molecular formula is C31H42N6O3. The number of likely N-dealkylation sites (tertiary alicyclic amines) is 1. The van der Waals surface area contributed by atoms with Crippen molar-refractivity contribution in [2.45, 2.75) is 77.9 Å². The monoisotopic (exact) mass is 546 g/mol. The van der Waals surface area contributed by atoms with Gasteiger partial charge in [0.15, 0.2) is 0 Å². The molecule has 40 heavy (non-hydrogen) atoms. The fraction of sp³-hybridized carbons (Fsp3) is 0.548. The molecule has 0 bridgehead atoms. The number of aromatic nitrogens is 1. The van der Waals surface area contributed by atoms with Crippen LogP contribution in [0.5, 0.6) is 0 Å². The minimum Gasteiger partial charge on any atom is -0.335 e. The third kappa shape index (κ3) is 5.19. The molecule has 3 aliphatic heterocycles. The number of amides is 5. The average Bonchev–Trinajstić information content (AvgIpc) is 3.27. The number of carbonyl (C=O) groups excluding carboxylic acids is 3. The highest BCUT2D eigenvalue weighted by Gasteiger charge is 2.52. The highest BCUT2D eigenvalue weighted by atomic mass is 16.2. The smallest absolute Gasteiger partial charge is 0.332 e. The van der Waals surface area contributed by atoms with Crippen LogP contribution in [-0.2, 0) is 16.8 Å². The third-order valence-electron chi connectivity index (χ3n) is 8.51. The van der Waals surface area contributed by atoms with Crippen LogP contribution in [0.4, 0.5) is 21.0 Å². The molecule has 9 heteroatoms. The Hall–Kier alpha value is -3.46. The van der Waals surface area contributed by atoms with E-state index in [2.05, 4.69) is 42.9 Å². The van der Waals surface area contributed by atoms with Gasteiger partial charge in [0.1, 0.15) is 5.54 Å². The molecule has 3 aliphatic rings. The van der Waals surface area contributed by atoms with Crippen LogP contribution in [0, 0.1) is 5.92 Å². The van der Waals surface area contributed by atoms with E-state index in [1.165, 1.54) is 4.90 Å². The van der Waals surface area contributed by atoms with Crippen LogP contribution < -0.4 is 15.1 Å². The maximum atomic E-state index is 13.7. The Balaban J connectivity index is 1.36. The summed E-state index contributed by atoms with van der Waals surface area (Å²) in [6.07, 6.45) is 5.22. The number of carbonyl (C=O) groups is 3. The zero-order valence-corrected chi connectivity index (χ0v) is 24.6. The lowest BCUT2D eigenvalue weighted by atomic mass is 9.87. The molecule has 4 heterocycles. The van der Waals surface area contributed by atoms with Gasteiger partial charge in [0, 0.05) is 56.6 Å². The van der Waals surface area contributed by atoms with Gasteiger partial charge in [0.2, 0.25) is 0 Å². The fourth-order valence-electron chi connectivity index (χ4n) is 6.23. The first-order chi connectivity index (χ1) is 18.9. The molecule has 1 aromatic carbocycles. The molecule has 0 radical (unpaired) electrons. The van der Waals surface area contributed by atoms with E-state index in [0.29, 0.717) is 24.7 Å². The normalized spacial score (nSPS) is 20.9. The van der Waals surface area contributed by atoms with Gasteiger partial charge in [-0.2, -0.15) is 0 Å². The maximum absolute atomic E-state index is 13.7. The lowest BCUT2D eigenvalue weighted by Gasteiger charge is -2.34. The number of hydrogen-bond acceptors (Lipinski definition) is 5. The summed E-state index contributed by atoms with van der Waals surface area (Å²) in [5.74, 6) is 0.347. The van der Waals surface area contributed by atoms with Crippen molar-refractivity contribution in [2.24, 2.45) is 5.92 Å². The van der Waals surface area contributed by atoms with Gasteiger partial charge in [-0.3, -0.25) is 14.7 Å². The molecule has 2 fully saturated rings. The summed E-state index contributed by atoms with van der Waals surface area (Å²) in [6.45, 7) is 16.2. The molecule has 0 aliphatic carbocycles. The van der Waals surface area contributed by atoms with Crippen molar-refractivity contribution in [2.75, 3.05) is 36.0 Å².